The number of benzene rings is 1. The van der Waals surface area contributed by atoms with Gasteiger partial charge in [0.05, 0.1) is 0 Å². The maximum absolute atomic E-state index is 6.10. The molecular weight excluding hydrogens is 214 g/mol. The maximum Gasteiger partial charge on any atom is 0.0492 e. The third-order valence-electron chi connectivity index (χ3n) is 2.03. The fourth-order valence-electron chi connectivity index (χ4n) is 1.47. The van der Waals surface area contributed by atoms with E-state index >= 15 is 0 Å². The summed E-state index contributed by atoms with van der Waals surface area (Å²) in [5.41, 5.74) is 0. The average molecular weight is 226 g/mol. The number of nitrogens with zero attached hydrogens (tertiary/aromatic N) is 1. The lowest BCUT2D eigenvalue weighted by Crippen LogP contribution is -2.09. The molecule has 1 aromatic heterocycles. The molecule has 0 aliphatic carbocycles. The maximum atomic E-state index is 6.10. The predicted molar refractivity (Wildman–Crippen MR) is 64.2 cm³/mol. The second kappa shape index (κ2) is 3.89. The largest absolute Gasteiger partial charge is 0.304 e. The predicted octanol–water partition coefficient (Wildman–Crippen LogP) is 3.62. The summed E-state index contributed by atoms with van der Waals surface area (Å²) in [6, 6.07) is 8.24. The molecule has 0 amide bonds. The summed E-state index contributed by atoms with van der Waals surface area (Å²) in [5, 5.41) is 2.03. The van der Waals surface area contributed by atoms with Crippen molar-refractivity contribution in [3.63, 3.8) is 0 Å². The summed E-state index contributed by atoms with van der Waals surface area (Å²) in [5.74, 6) is 0. The summed E-state index contributed by atoms with van der Waals surface area (Å²) in [6.07, 6.45) is 0. The topological polar surface area (TPSA) is 3.24 Å². The van der Waals surface area contributed by atoms with E-state index in [1.807, 2.05) is 23.5 Å². The molecule has 0 aliphatic heterocycles. The Bertz CT molecular complexity index is 447. The van der Waals surface area contributed by atoms with E-state index in [2.05, 4.69) is 31.1 Å². The van der Waals surface area contributed by atoms with Crippen LogP contribution in [0.4, 0.5) is 0 Å². The zero-order valence-corrected chi connectivity index (χ0v) is 9.82. The lowest BCUT2D eigenvalue weighted by molar-refractivity contribution is 0.406. The van der Waals surface area contributed by atoms with Gasteiger partial charge in [-0.25, -0.2) is 0 Å². The Hall–Kier alpha value is -0.570. The average Bonchev–Trinajstić information content (AvgIpc) is 2.47. The standard InChI is InChI=1S/C11H12ClNS/c1-13(2)7-8-6-9-10(12)4-3-5-11(9)14-8/h3-6H,7H2,1-2H3. The van der Waals surface area contributed by atoms with E-state index in [4.69, 9.17) is 11.6 Å². The summed E-state index contributed by atoms with van der Waals surface area (Å²) in [6.45, 7) is 0.982. The second-order valence-corrected chi connectivity index (χ2v) is 5.18. The normalized spacial score (nSPS) is 11.4. The molecule has 0 spiro atoms. The second-order valence-electron chi connectivity index (χ2n) is 3.60. The summed E-state index contributed by atoms with van der Waals surface area (Å²) < 4.78 is 1.27. The number of hydrogen-bond donors (Lipinski definition) is 0. The molecule has 74 valence electrons. The van der Waals surface area contributed by atoms with Crippen LogP contribution in [-0.2, 0) is 6.54 Å². The van der Waals surface area contributed by atoms with Crippen molar-refractivity contribution in [2.24, 2.45) is 0 Å². The number of hydrogen-bond acceptors (Lipinski definition) is 2. The van der Waals surface area contributed by atoms with Crippen LogP contribution < -0.4 is 0 Å². The van der Waals surface area contributed by atoms with E-state index in [0.29, 0.717) is 0 Å². The molecule has 0 bridgehead atoms. The third kappa shape index (κ3) is 1.92. The fraction of sp³-hybridized carbons (Fsp3) is 0.273. The van der Waals surface area contributed by atoms with Crippen molar-refractivity contribution in [1.82, 2.24) is 4.90 Å². The van der Waals surface area contributed by atoms with E-state index in [1.54, 1.807) is 0 Å². The first kappa shape index (κ1) is 9.97. The van der Waals surface area contributed by atoms with Crippen LogP contribution in [-0.4, -0.2) is 19.0 Å². The highest BCUT2D eigenvalue weighted by molar-refractivity contribution is 7.19. The van der Waals surface area contributed by atoms with Gasteiger partial charge >= 0.3 is 0 Å². The Morgan fingerprint density at radius 2 is 2.14 bits per heavy atom. The van der Waals surface area contributed by atoms with Crippen LogP contribution >= 0.6 is 22.9 Å². The molecule has 0 fully saturated rings. The monoisotopic (exact) mass is 225 g/mol. The van der Waals surface area contributed by atoms with Crippen LogP contribution in [0.15, 0.2) is 24.3 Å². The van der Waals surface area contributed by atoms with Gasteiger partial charge < -0.3 is 4.90 Å². The Labute approximate surface area is 92.9 Å². The van der Waals surface area contributed by atoms with Crippen molar-refractivity contribution >= 4 is 33.0 Å². The Kier molecular flexibility index (Phi) is 2.77. The molecule has 2 rings (SSSR count). The molecule has 1 nitrogen and oxygen atoms in total. The van der Waals surface area contributed by atoms with Gasteiger partial charge in [-0.05, 0) is 32.3 Å². The van der Waals surface area contributed by atoms with E-state index in [-0.39, 0.29) is 0 Å². The minimum absolute atomic E-state index is 0.851. The van der Waals surface area contributed by atoms with Gasteiger partial charge in [0.2, 0.25) is 0 Å². The molecule has 0 unspecified atom stereocenters. The highest BCUT2D eigenvalue weighted by Crippen LogP contribution is 2.31. The van der Waals surface area contributed by atoms with Gasteiger partial charge in [0.1, 0.15) is 0 Å². The molecule has 2 aromatic rings. The summed E-state index contributed by atoms with van der Waals surface area (Å²) in [7, 11) is 4.15. The quantitative estimate of drug-likeness (QED) is 0.755. The van der Waals surface area contributed by atoms with Gasteiger partial charge in [0.25, 0.3) is 0 Å². The summed E-state index contributed by atoms with van der Waals surface area (Å²) >= 11 is 7.91. The van der Waals surface area contributed by atoms with Crippen molar-refractivity contribution in [2.45, 2.75) is 6.54 Å². The van der Waals surface area contributed by atoms with Crippen LogP contribution in [0.1, 0.15) is 4.88 Å². The Balaban J connectivity index is 2.46. The highest BCUT2D eigenvalue weighted by Gasteiger charge is 2.04. The zero-order chi connectivity index (χ0) is 10.1. The van der Waals surface area contributed by atoms with Crippen molar-refractivity contribution in [3.8, 4) is 0 Å². The van der Waals surface area contributed by atoms with Crippen molar-refractivity contribution < 1.29 is 0 Å². The number of halogens is 1. The highest BCUT2D eigenvalue weighted by atomic mass is 35.5. The lowest BCUT2D eigenvalue weighted by Gasteiger charge is -2.05. The van der Waals surface area contributed by atoms with Crippen LogP contribution in [0.25, 0.3) is 10.1 Å². The molecule has 0 saturated carbocycles. The van der Waals surface area contributed by atoms with Crippen molar-refractivity contribution in [1.29, 1.82) is 0 Å². The van der Waals surface area contributed by atoms with E-state index in [1.165, 1.54) is 15.0 Å². The minimum atomic E-state index is 0.851. The van der Waals surface area contributed by atoms with E-state index < -0.39 is 0 Å². The zero-order valence-electron chi connectivity index (χ0n) is 8.25. The van der Waals surface area contributed by atoms with Gasteiger partial charge in [0, 0.05) is 26.5 Å². The molecular formula is C11H12ClNS. The van der Waals surface area contributed by atoms with Gasteiger partial charge in [-0.15, -0.1) is 11.3 Å². The Morgan fingerprint density at radius 1 is 1.36 bits per heavy atom. The first-order chi connectivity index (χ1) is 6.66. The van der Waals surface area contributed by atoms with Gasteiger partial charge in [-0.3, -0.25) is 0 Å². The minimum Gasteiger partial charge on any atom is -0.304 e. The SMILES string of the molecule is CN(C)Cc1cc2c(Cl)cccc2s1. The van der Waals surface area contributed by atoms with Gasteiger partial charge in [0.15, 0.2) is 0 Å². The van der Waals surface area contributed by atoms with Crippen molar-refractivity contribution in [2.75, 3.05) is 14.1 Å². The van der Waals surface area contributed by atoms with Crippen LogP contribution in [0, 0.1) is 0 Å². The number of rotatable bonds is 2. The molecule has 1 aromatic carbocycles. The lowest BCUT2D eigenvalue weighted by atomic mass is 10.2. The van der Waals surface area contributed by atoms with Crippen molar-refractivity contribution in [3.05, 3.63) is 34.2 Å². The van der Waals surface area contributed by atoms with E-state index in [0.717, 1.165) is 11.6 Å². The van der Waals surface area contributed by atoms with Crippen LogP contribution in [0.2, 0.25) is 5.02 Å². The molecule has 0 atom stereocenters. The van der Waals surface area contributed by atoms with Crippen LogP contribution in [0.5, 0.6) is 0 Å². The smallest absolute Gasteiger partial charge is 0.0492 e. The fourth-order valence-corrected chi connectivity index (χ4v) is 2.96. The molecule has 0 N–H and O–H groups in total. The first-order valence-corrected chi connectivity index (χ1v) is 5.68. The number of thiophene rings is 1. The third-order valence-corrected chi connectivity index (χ3v) is 3.45. The summed E-state index contributed by atoms with van der Waals surface area (Å²) in [4.78, 5) is 3.52. The number of fused-ring (bicyclic) bond motifs is 1. The van der Waals surface area contributed by atoms with Gasteiger partial charge in [-0.1, -0.05) is 17.7 Å². The van der Waals surface area contributed by atoms with E-state index in [9.17, 15) is 0 Å². The molecule has 1 heterocycles. The Morgan fingerprint density at radius 3 is 2.79 bits per heavy atom. The molecule has 0 radical (unpaired) electrons. The molecule has 0 aliphatic rings. The first-order valence-electron chi connectivity index (χ1n) is 4.48. The molecule has 3 heteroatoms. The van der Waals surface area contributed by atoms with Crippen LogP contribution in [0.3, 0.4) is 0 Å². The van der Waals surface area contributed by atoms with Gasteiger partial charge in [-0.2, -0.15) is 0 Å². The molecule has 14 heavy (non-hydrogen) atoms. The molecule has 0 saturated heterocycles.